The standard InChI is InChI=1S/C22H18F2N2O7S/c1-2-33-22(30)25(10-14-16(23)4-3-5-17(14)24)20-18(21(28)29)15(11-27)19(34-20)12-6-8-13(9-7-12)26(31)32/h3-9,27H,2,10-11H2,1H3,(H,28,29). The van der Waals surface area contributed by atoms with Crippen molar-refractivity contribution in [1.29, 1.82) is 0 Å². The molecule has 0 aliphatic rings. The molecule has 3 aromatic rings. The van der Waals surface area contributed by atoms with E-state index in [1.54, 1.807) is 0 Å². The van der Waals surface area contributed by atoms with Crippen LogP contribution in [-0.2, 0) is 17.9 Å². The minimum Gasteiger partial charge on any atom is -0.478 e. The van der Waals surface area contributed by atoms with E-state index in [0.717, 1.165) is 34.4 Å². The fourth-order valence-electron chi connectivity index (χ4n) is 3.24. The van der Waals surface area contributed by atoms with Crippen molar-refractivity contribution in [2.75, 3.05) is 11.5 Å². The zero-order valence-electron chi connectivity index (χ0n) is 17.7. The fraction of sp³-hybridized carbons (Fsp3) is 0.182. The van der Waals surface area contributed by atoms with Crippen LogP contribution in [0.15, 0.2) is 42.5 Å². The number of carboxylic acid groups (broad SMARTS) is 1. The van der Waals surface area contributed by atoms with E-state index in [4.69, 9.17) is 4.74 Å². The van der Waals surface area contributed by atoms with Crippen LogP contribution in [0.2, 0.25) is 0 Å². The van der Waals surface area contributed by atoms with Gasteiger partial charge in [-0.05, 0) is 36.8 Å². The summed E-state index contributed by atoms with van der Waals surface area (Å²) in [5.74, 6) is -3.38. The van der Waals surface area contributed by atoms with Gasteiger partial charge in [0.15, 0.2) is 0 Å². The van der Waals surface area contributed by atoms with Crippen molar-refractivity contribution in [3.05, 3.63) is 80.9 Å². The summed E-state index contributed by atoms with van der Waals surface area (Å²) in [6.45, 7) is -0.00341. The molecule has 0 bridgehead atoms. The van der Waals surface area contributed by atoms with Crippen LogP contribution in [0, 0.1) is 21.7 Å². The lowest BCUT2D eigenvalue weighted by Crippen LogP contribution is -2.32. The van der Waals surface area contributed by atoms with Crippen molar-refractivity contribution in [1.82, 2.24) is 0 Å². The minimum absolute atomic E-state index is 0.0651. The summed E-state index contributed by atoms with van der Waals surface area (Å²) in [7, 11) is 0. The maximum absolute atomic E-state index is 14.3. The van der Waals surface area contributed by atoms with E-state index in [2.05, 4.69) is 0 Å². The lowest BCUT2D eigenvalue weighted by atomic mass is 10.1. The minimum atomic E-state index is -1.49. The topological polar surface area (TPSA) is 130 Å². The molecule has 34 heavy (non-hydrogen) atoms. The van der Waals surface area contributed by atoms with Crippen LogP contribution in [0.1, 0.15) is 28.4 Å². The number of amides is 1. The normalized spacial score (nSPS) is 10.7. The average molecular weight is 492 g/mol. The van der Waals surface area contributed by atoms with E-state index in [1.807, 2.05) is 0 Å². The number of ether oxygens (including phenoxy) is 1. The summed E-state index contributed by atoms with van der Waals surface area (Å²) in [6.07, 6.45) is -1.05. The Bertz CT molecular complexity index is 1220. The molecule has 0 aliphatic carbocycles. The second-order valence-corrected chi connectivity index (χ2v) is 7.84. The molecule has 2 aromatic carbocycles. The van der Waals surface area contributed by atoms with Gasteiger partial charge in [0.05, 0.1) is 24.7 Å². The molecular weight excluding hydrogens is 474 g/mol. The molecule has 0 saturated carbocycles. The third-order valence-electron chi connectivity index (χ3n) is 4.81. The lowest BCUT2D eigenvalue weighted by Gasteiger charge is -2.22. The van der Waals surface area contributed by atoms with E-state index in [9.17, 15) is 38.7 Å². The Morgan fingerprint density at radius 3 is 2.24 bits per heavy atom. The van der Waals surface area contributed by atoms with Crippen LogP contribution in [-0.4, -0.2) is 33.8 Å². The number of aliphatic hydroxyl groups excluding tert-OH is 1. The zero-order valence-corrected chi connectivity index (χ0v) is 18.5. The molecule has 0 atom stereocenters. The number of hydrogen-bond acceptors (Lipinski definition) is 7. The Hall–Kier alpha value is -3.90. The van der Waals surface area contributed by atoms with Crippen molar-refractivity contribution >= 4 is 34.1 Å². The fourth-order valence-corrected chi connectivity index (χ4v) is 4.54. The highest BCUT2D eigenvalue weighted by Crippen LogP contribution is 2.43. The number of nitro benzene ring substituents is 1. The van der Waals surface area contributed by atoms with E-state index in [-0.39, 0.29) is 27.7 Å². The molecule has 9 nitrogen and oxygen atoms in total. The van der Waals surface area contributed by atoms with Crippen LogP contribution in [0.5, 0.6) is 0 Å². The lowest BCUT2D eigenvalue weighted by molar-refractivity contribution is -0.384. The van der Waals surface area contributed by atoms with Gasteiger partial charge in [0.25, 0.3) is 5.69 Å². The number of benzene rings is 2. The molecule has 0 radical (unpaired) electrons. The summed E-state index contributed by atoms with van der Waals surface area (Å²) in [4.78, 5) is 36.2. The average Bonchev–Trinajstić information content (AvgIpc) is 3.18. The van der Waals surface area contributed by atoms with Gasteiger partial charge in [-0.2, -0.15) is 0 Å². The Labute approximate surface area is 195 Å². The van der Waals surface area contributed by atoms with Gasteiger partial charge >= 0.3 is 12.1 Å². The van der Waals surface area contributed by atoms with Crippen molar-refractivity contribution in [3.63, 3.8) is 0 Å². The SMILES string of the molecule is CCOC(=O)N(Cc1c(F)cccc1F)c1sc(-c2ccc([N+](=O)[O-])cc2)c(CO)c1C(=O)O. The molecular formula is C22H18F2N2O7S. The number of carbonyl (C=O) groups excluding carboxylic acids is 1. The number of thiophene rings is 1. The van der Waals surface area contributed by atoms with Crippen LogP contribution < -0.4 is 4.90 Å². The monoisotopic (exact) mass is 492 g/mol. The predicted octanol–water partition coefficient (Wildman–Crippen LogP) is 4.96. The largest absolute Gasteiger partial charge is 0.478 e. The summed E-state index contributed by atoms with van der Waals surface area (Å²) in [6, 6.07) is 8.27. The molecule has 0 aliphatic heterocycles. The number of rotatable bonds is 8. The number of carboxylic acids is 1. The second kappa shape index (κ2) is 10.4. The maximum Gasteiger partial charge on any atom is 0.415 e. The number of aliphatic hydroxyl groups is 1. The summed E-state index contributed by atoms with van der Waals surface area (Å²) < 4.78 is 33.6. The van der Waals surface area contributed by atoms with Gasteiger partial charge in [-0.1, -0.05) is 6.07 Å². The number of anilines is 1. The van der Waals surface area contributed by atoms with E-state index >= 15 is 0 Å². The van der Waals surface area contributed by atoms with Crippen molar-refractivity contribution in [3.8, 4) is 10.4 Å². The maximum atomic E-state index is 14.3. The number of hydrogen-bond donors (Lipinski definition) is 2. The second-order valence-electron chi connectivity index (χ2n) is 6.84. The number of nitrogens with zero attached hydrogens (tertiary/aromatic N) is 2. The highest BCUT2D eigenvalue weighted by atomic mass is 32.1. The molecule has 178 valence electrons. The Morgan fingerprint density at radius 2 is 1.74 bits per heavy atom. The first-order valence-electron chi connectivity index (χ1n) is 9.81. The molecule has 3 rings (SSSR count). The Balaban J connectivity index is 2.21. The number of aromatic carboxylic acids is 1. The zero-order chi connectivity index (χ0) is 25.0. The summed E-state index contributed by atoms with van der Waals surface area (Å²) >= 11 is 0.769. The quantitative estimate of drug-likeness (QED) is 0.336. The van der Waals surface area contributed by atoms with Crippen LogP contribution >= 0.6 is 11.3 Å². The number of nitro groups is 1. The first-order chi connectivity index (χ1) is 16.2. The molecule has 0 unspecified atom stereocenters. The van der Waals surface area contributed by atoms with E-state index < -0.39 is 52.9 Å². The van der Waals surface area contributed by atoms with Gasteiger partial charge in [-0.3, -0.25) is 15.0 Å². The van der Waals surface area contributed by atoms with Crippen LogP contribution in [0.3, 0.4) is 0 Å². The van der Waals surface area contributed by atoms with Gasteiger partial charge in [-0.15, -0.1) is 11.3 Å². The number of halogens is 2. The molecule has 0 saturated heterocycles. The van der Waals surface area contributed by atoms with Crippen LogP contribution in [0.4, 0.5) is 24.3 Å². The molecule has 0 spiro atoms. The van der Waals surface area contributed by atoms with Gasteiger partial charge in [0, 0.05) is 28.1 Å². The Morgan fingerprint density at radius 1 is 1.12 bits per heavy atom. The Kier molecular flexibility index (Phi) is 7.54. The van der Waals surface area contributed by atoms with Gasteiger partial charge in [0.1, 0.15) is 22.2 Å². The third-order valence-corrected chi connectivity index (χ3v) is 6.12. The molecule has 2 N–H and O–H groups in total. The molecule has 1 heterocycles. The molecule has 1 aromatic heterocycles. The van der Waals surface area contributed by atoms with Gasteiger partial charge in [0.2, 0.25) is 0 Å². The predicted molar refractivity (Wildman–Crippen MR) is 119 cm³/mol. The first kappa shape index (κ1) is 24.7. The highest BCUT2D eigenvalue weighted by Gasteiger charge is 2.32. The summed E-state index contributed by atoms with van der Waals surface area (Å²) in [5, 5.41) is 30.5. The number of carbonyl (C=O) groups is 2. The van der Waals surface area contributed by atoms with Crippen molar-refractivity contribution in [2.45, 2.75) is 20.1 Å². The van der Waals surface area contributed by atoms with Crippen molar-refractivity contribution < 1.29 is 38.2 Å². The third kappa shape index (κ3) is 4.87. The smallest absolute Gasteiger partial charge is 0.415 e. The van der Waals surface area contributed by atoms with Gasteiger partial charge in [-0.25, -0.2) is 18.4 Å². The molecule has 12 heteroatoms. The van der Waals surface area contributed by atoms with E-state index in [1.165, 1.54) is 31.2 Å². The van der Waals surface area contributed by atoms with Gasteiger partial charge < -0.3 is 14.9 Å². The number of non-ortho nitro benzene ring substituents is 1. The van der Waals surface area contributed by atoms with Crippen LogP contribution in [0.25, 0.3) is 10.4 Å². The first-order valence-corrected chi connectivity index (χ1v) is 10.6. The molecule has 0 fully saturated rings. The van der Waals surface area contributed by atoms with Crippen molar-refractivity contribution in [2.24, 2.45) is 0 Å². The molecule has 1 amide bonds. The highest BCUT2D eigenvalue weighted by molar-refractivity contribution is 7.20. The summed E-state index contributed by atoms with van der Waals surface area (Å²) in [5.41, 5.74) is -0.861. The van der Waals surface area contributed by atoms with E-state index in [0.29, 0.717) is 5.56 Å².